The topological polar surface area (TPSA) is 8.17 Å². The van der Waals surface area contributed by atoms with Gasteiger partial charge in [0.1, 0.15) is 0 Å². The zero-order valence-electron chi connectivity index (χ0n) is 31.1. The SMILES string of the molecule is C1=CCC(c2ccccc2N(c2ccc3c(c2)-c2c4cccc2C2C=CC=CC2C2=C4CCC=C23)c2ccc3c4ccccc4n(-c4ccccc4)c3c2)C=C1. The average Bonchev–Trinajstić information content (AvgIpc) is 3.54. The zero-order valence-corrected chi connectivity index (χ0v) is 31.1. The molecule has 6 bridgehead atoms. The molecule has 0 fully saturated rings. The first kappa shape index (κ1) is 31.7. The first-order valence-corrected chi connectivity index (χ1v) is 20.2. The van der Waals surface area contributed by atoms with E-state index >= 15 is 0 Å². The number of aromatic nitrogens is 1. The van der Waals surface area contributed by atoms with E-state index in [1.54, 1.807) is 5.57 Å². The fourth-order valence-corrected chi connectivity index (χ4v) is 10.6. The number of benzene rings is 6. The zero-order chi connectivity index (χ0) is 36.7. The van der Waals surface area contributed by atoms with E-state index in [1.807, 2.05) is 0 Å². The van der Waals surface area contributed by atoms with Crippen LogP contribution in [0.5, 0.6) is 0 Å². The Morgan fingerprint density at radius 1 is 0.554 bits per heavy atom. The van der Waals surface area contributed by atoms with Crippen LogP contribution < -0.4 is 4.90 Å². The van der Waals surface area contributed by atoms with E-state index in [4.69, 9.17) is 0 Å². The summed E-state index contributed by atoms with van der Waals surface area (Å²) in [4.78, 5) is 2.54. The standard InChI is InChI=1S/C54H40N2/c1-3-15-35(16-4-1)39-19-9-11-27-50(39)55(38-30-32-43-42-21-10-12-28-51(42)56(52(43)34-38)36-17-5-2-6-18-36)37-29-31-41-46-24-14-25-47-48-26-13-23-45(54(48)49(41)33-37)40-20-7-8-22-44(40)53(46)47/h1-13,15,17-24,26-35,40,44H,14,16,25H2. The summed E-state index contributed by atoms with van der Waals surface area (Å²) in [6.45, 7) is 0. The van der Waals surface area contributed by atoms with Crippen molar-refractivity contribution in [1.29, 1.82) is 0 Å². The summed E-state index contributed by atoms with van der Waals surface area (Å²) in [5, 5.41) is 2.52. The molecule has 2 heteroatoms. The van der Waals surface area contributed by atoms with E-state index in [2.05, 4.69) is 198 Å². The summed E-state index contributed by atoms with van der Waals surface area (Å²) in [7, 11) is 0. The predicted octanol–water partition coefficient (Wildman–Crippen LogP) is 14.3. The molecule has 0 amide bonds. The Balaban J connectivity index is 1.13. The molecule has 1 aromatic heterocycles. The maximum Gasteiger partial charge on any atom is 0.0561 e. The van der Waals surface area contributed by atoms with Crippen molar-refractivity contribution in [2.75, 3.05) is 4.90 Å². The Hall–Kier alpha value is -6.64. The first-order valence-electron chi connectivity index (χ1n) is 20.2. The van der Waals surface area contributed by atoms with Crippen LogP contribution in [0.1, 0.15) is 53.4 Å². The van der Waals surface area contributed by atoms with E-state index in [0.29, 0.717) is 11.8 Å². The highest BCUT2D eigenvalue weighted by Gasteiger charge is 2.40. The minimum absolute atomic E-state index is 0.290. The van der Waals surface area contributed by atoms with Crippen molar-refractivity contribution in [3.63, 3.8) is 0 Å². The van der Waals surface area contributed by atoms with Gasteiger partial charge in [-0.3, -0.25) is 0 Å². The van der Waals surface area contributed by atoms with Gasteiger partial charge in [-0.15, -0.1) is 0 Å². The molecular weight excluding hydrogens is 677 g/mol. The van der Waals surface area contributed by atoms with Gasteiger partial charge in [0.25, 0.3) is 0 Å². The van der Waals surface area contributed by atoms with E-state index < -0.39 is 0 Å². The second-order valence-electron chi connectivity index (χ2n) is 15.8. The van der Waals surface area contributed by atoms with Crippen molar-refractivity contribution < 1.29 is 0 Å². The fourth-order valence-electron chi connectivity index (χ4n) is 10.6. The van der Waals surface area contributed by atoms with Gasteiger partial charge in [0.2, 0.25) is 0 Å². The lowest BCUT2D eigenvalue weighted by Gasteiger charge is -2.34. The number of para-hydroxylation sites is 3. The van der Waals surface area contributed by atoms with Gasteiger partial charge in [0.15, 0.2) is 0 Å². The van der Waals surface area contributed by atoms with Crippen LogP contribution in [-0.2, 0) is 0 Å². The number of rotatable bonds is 5. The van der Waals surface area contributed by atoms with Crippen LogP contribution in [0.25, 0.3) is 49.8 Å². The molecule has 0 saturated carbocycles. The second kappa shape index (κ2) is 12.4. The lowest BCUT2D eigenvalue weighted by molar-refractivity contribution is 0.679. The van der Waals surface area contributed by atoms with Crippen LogP contribution in [0.15, 0.2) is 194 Å². The maximum atomic E-state index is 2.54. The van der Waals surface area contributed by atoms with Crippen molar-refractivity contribution in [2.45, 2.75) is 31.1 Å². The summed E-state index contributed by atoms with van der Waals surface area (Å²) < 4.78 is 2.43. The molecule has 3 atom stereocenters. The van der Waals surface area contributed by atoms with Gasteiger partial charge in [-0.25, -0.2) is 0 Å². The Kier molecular flexibility index (Phi) is 7.04. The summed E-state index contributed by atoms with van der Waals surface area (Å²) in [5.41, 5.74) is 20.0. The molecule has 12 rings (SSSR count). The predicted molar refractivity (Wildman–Crippen MR) is 235 cm³/mol. The number of allylic oxidation sites excluding steroid dienone is 12. The van der Waals surface area contributed by atoms with Gasteiger partial charge in [-0.05, 0) is 118 Å². The molecule has 5 aliphatic carbocycles. The normalized spacial score (nSPS) is 19.9. The number of hydrogen-bond acceptors (Lipinski definition) is 1. The summed E-state index contributed by atoms with van der Waals surface area (Å²) in [6.07, 6.45) is 24.2. The van der Waals surface area contributed by atoms with Crippen LogP contribution in [0.4, 0.5) is 17.1 Å². The van der Waals surface area contributed by atoms with Gasteiger partial charge in [0.05, 0.1) is 11.0 Å². The molecule has 0 spiro atoms. The minimum Gasteiger partial charge on any atom is -0.310 e. The molecule has 5 aliphatic rings. The largest absolute Gasteiger partial charge is 0.310 e. The highest BCUT2D eigenvalue weighted by atomic mass is 15.1. The van der Waals surface area contributed by atoms with Crippen molar-refractivity contribution in [3.8, 4) is 16.8 Å². The molecule has 1 heterocycles. The molecule has 7 aromatic rings. The number of hydrogen-bond donors (Lipinski definition) is 0. The van der Waals surface area contributed by atoms with E-state index in [1.165, 1.54) is 83.4 Å². The van der Waals surface area contributed by atoms with Gasteiger partial charge in [-0.2, -0.15) is 0 Å². The van der Waals surface area contributed by atoms with E-state index in [-0.39, 0.29) is 5.92 Å². The number of fused-ring (bicyclic) bond motifs is 7. The first-order chi connectivity index (χ1) is 27.8. The Bertz CT molecular complexity index is 2960. The van der Waals surface area contributed by atoms with Crippen molar-refractivity contribution >= 4 is 50.0 Å². The summed E-state index contributed by atoms with van der Waals surface area (Å²) in [5.74, 6) is 0.973. The third-order valence-electron chi connectivity index (χ3n) is 12.9. The molecule has 56 heavy (non-hydrogen) atoms. The summed E-state index contributed by atoms with van der Waals surface area (Å²) >= 11 is 0. The van der Waals surface area contributed by atoms with Crippen LogP contribution in [0.3, 0.4) is 0 Å². The van der Waals surface area contributed by atoms with E-state index in [0.717, 1.165) is 24.9 Å². The van der Waals surface area contributed by atoms with Gasteiger partial charge in [0, 0.05) is 51.3 Å². The average molecular weight is 717 g/mol. The fraction of sp³-hybridized carbons (Fsp3) is 0.111. The lowest BCUT2D eigenvalue weighted by atomic mass is 9.71. The van der Waals surface area contributed by atoms with Crippen molar-refractivity contribution in [3.05, 3.63) is 216 Å². The maximum absolute atomic E-state index is 2.54. The molecular formula is C54H40N2. The van der Waals surface area contributed by atoms with Crippen molar-refractivity contribution in [2.24, 2.45) is 5.92 Å². The van der Waals surface area contributed by atoms with Crippen LogP contribution in [-0.4, -0.2) is 4.57 Å². The molecule has 3 unspecified atom stereocenters. The number of anilines is 3. The molecule has 2 nitrogen and oxygen atoms in total. The highest BCUT2D eigenvalue weighted by molar-refractivity contribution is 6.11. The third kappa shape index (κ3) is 4.62. The highest BCUT2D eigenvalue weighted by Crippen LogP contribution is 2.58. The van der Waals surface area contributed by atoms with E-state index in [9.17, 15) is 0 Å². The lowest BCUT2D eigenvalue weighted by Crippen LogP contribution is -2.18. The van der Waals surface area contributed by atoms with Crippen LogP contribution in [0.2, 0.25) is 0 Å². The van der Waals surface area contributed by atoms with Gasteiger partial charge >= 0.3 is 0 Å². The Labute approximate surface area is 328 Å². The quantitative estimate of drug-likeness (QED) is 0.172. The Morgan fingerprint density at radius 2 is 1.32 bits per heavy atom. The molecule has 0 N–H and O–H groups in total. The number of nitrogens with zero attached hydrogens (tertiary/aromatic N) is 2. The molecule has 0 saturated heterocycles. The third-order valence-corrected chi connectivity index (χ3v) is 12.9. The molecule has 6 aromatic carbocycles. The van der Waals surface area contributed by atoms with Gasteiger partial charge < -0.3 is 9.47 Å². The van der Waals surface area contributed by atoms with Crippen molar-refractivity contribution in [1.82, 2.24) is 4.57 Å². The molecule has 0 aliphatic heterocycles. The monoisotopic (exact) mass is 716 g/mol. The van der Waals surface area contributed by atoms with Crippen LogP contribution in [0, 0.1) is 5.92 Å². The van der Waals surface area contributed by atoms with Gasteiger partial charge in [-0.1, -0.05) is 140 Å². The van der Waals surface area contributed by atoms with Crippen LogP contribution >= 0.6 is 0 Å². The summed E-state index contributed by atoms with van der Waals surface area (Å²) in [6, 6.07) is 50.2. The molecule has 266 valence electrons. The smallest absolute Gasteiger partial charge is 0.0561 e. The second-order valence-corrected chi connectivity index (χ2v) is 15.8. The Morgan fingerprint density at radius 3 is 2.23 bits per heavy atom. The molecule has 0 radical (unpaired) electrons. The minimum atomic E-state index is 0.290.